The number of nitrogens with zero attached hydrogens (tertiary/aromatic N) is 2. The zero-order valence-corrected chi connectivity index (χ0v) is 19.1. The molecule has 1 heterocycles. The molecular weight excluding hydrogens is 491 g/mol. The molecule has 0 unspecified atom stereocenters. The molecule has 0 aliphatic heterocycles. The van der Waals surface area contributed by atoms with Gasteiger partial charge in [0.2, 0.25) is 0 Å². The van der Waals surface area contributed by atoms with E-state index in [0.29, 0.717) is 13.1 Å². The predicted molar refractivity (Wildman–Crippen MR) is 126 cm³/mol. The molecule has 0 saturated heterocycles. The van der Waals surface area contributed by atoms with Gasteiger partial charge in [0, 0.05) is 29.7 Å². The molecule has 2 N–H and O–H groups in total. The van der Waals surface area contributed by atoms with Crippen molar-refractivity contribution in [1.29, 1.82) is 0 Å². The second kappa shape index (κ2) is 10.6. The molecule has 27 heavy (non-hydrogen) atoms. The van der Waals surface area contributed by atoms with E-state index in [1.807, 2.05) is 42.6 Å². The van der Waals surface area contributed by atoms with Crippen LogP contribution in [-0.2, 0) is 13.1 Å². The van der Waals surface area contributed by atoms with Gasteiger partial charge in [0.1, 0.15) is 5.01 Å². The summed E-state index contributed by atoms with van der Waals surface area (Å²) in [6, 6.07) is 16.2. The van der Waals surface area contributed by atoms with Crippen molar-refractivity contribution in [2.75, 3.05) is 7.05 Å². The van der Waals surface area contributed by atoms with E-state index in [1.165, 1.54) is 16.0 Å². The first kappa shape index (κ1) is 21.7. The third-order valence-electron chi connectivity index (χ3n) is 3.92. The molecule has 3 aromatic rings. The highest BCUT2D eigenvalue weighted by molar-refractivity contribution is 14.0. The van der Waals surface area contributed by atoms with Crippen molar-refractivity contribution in [2.24, 2.45) is 4.99 Å². The molecule has 3 rings (SSSR count). The van der Waals surface area contributed by atoms with Gasteiger partial charge in [-0.05, 0) is 35.7 Å². The van der Waals surface area contributed by atoms with E-state index in [9.17, 15) is 0 Å². The van der Waals surface area contributed by atoms with Crippen LogP contribution in [-0.4, -0.2) is 18.0 Å². The number of guanidine groups is 1. The Balaban J connectivity index is 0.00000261. The number of aromatic nitrogens is 1. The average Bonchev–Trinajstić information content (AvgIpc) is 3.08. The van der Waals surface area contributed by atoms with Crippen LogP contribution in [0.1, 0.15) is 15.4 Å². The first-order valence-corrected chi connectivity index (χ1v) is 9.55. The fourth-order valence-corrected chi connectivity index (χ4v) is 3.48. The maximum atomic E-state index is 6.01. The summed E-state index contributed by atoms with van der Waals surface area (Å²) >= 11 is 7.69. The van der Waals surface area contributed by atoms with E-state index in [0.717, 1.165) is 21.6 Å². The second-order valence-corrected chi connectivity index (χ2v) is 7.56. The largest absolute Gasteiger partial charge is 0.352 e. The van der Waals surface area contributed by atoms with E-state index in [1.54, 1.807) is 18.4 Å². The summed E-state index contributed by atoms with van der Waals surface area (Å²) in [5.74, 6) is 0.753. The molecule has 0 saturated carbocycles. The monoisotopic (exact) mass is 512 g/mol. The van der Waals surface area contributed by atoms with Gasteiger partial charge in [-0.25, -0.2) is 4.98 Å². The number of hydrogen-bond acceptors (Lipinski definition) is 3. The van der Waals surface area contributed by atoms with Crippen LogP contribution in [0.3, 0.4) is 0 Å². The van der Waals surface area contributed by atoms with Crippen LogP contribution in [0.25, 0.3) is 11.1 Å². The lowest BCUT2D eigenvalue weighted by molar-refractivity contribution is 0.806. The Morgan fingerprint density at radius 2 is 1.78 bits per heavy atom. The van der Waals surface area contributed by atoms with Crippen molar-refractivity contribution < 1.29 is 0 Å². The minimum Gasteiger partial charge on any atom is -0.352 e. The third-order valence-corrected chi connectivity index (χ3v) is 5.08. The van der Waals surface area contributed by atoms with Gasteiger partial charge in [0.15, 0.2) is 5.96 Å². The molecule has 0 amide bonds. The number of benzene rings is 2. The van der Waals surface area contributed by atoms with E-state index in [-0.39, 0.29) is 24.0 Å². The Labute approximate surface area is 186 Å². The summed E-state index contributed by atoms with van der Waals surface area (Å²) in [6.07, 6.45) is 1.89. The first-order valence-electron chi connectivity index (χ1n) is 8.35. The van der Waals surface area contributed by atoms with Crippen LogP contribution >= 0.6 is 46.9 Å². The lowest BCUT2D eigenvalue weighted by Crippen LogP contribution is -2.36. The summed E-state index contributed by atoms with van der Waals surface area (Å²) in [7, 11) is 1.77. The fraction of sp³-hybridized carbons (Fsp3) is 0.200. The van der Waals surface area contributed by atoms with Crippen LogP contribution in [0.2, 0.25) is 5.02 Å². The van der Waals surface area contributed by atoms with Gasteiger partial charge >= 0.3 is 0 Å². The molecule has 0 atom stereocenters. The highest BCUT2D eigenvalue weighted by Gasteiger charge is 2.06. The Morgan fingerprint density at radius 3 is 2.44 bits per heavy atom. The summed E-state index contributed by atoms with van der Waals surface area (Å²) in [4.78, 5) is 9.87. The van der Waals surface area contributed by atoms with Gasteiger partial charge in [-0.3, -0.25) is 4.99 Å². The standard InChI is InChI=1S/C20H21ClN4S.HI/c1-14-11-23-19(26-14)13-25-20(22-2)24-12-16-5-3-4-6-18(16)15-7-9-17(21)10-8-15;/h3-11H,12-13H2,1-2H3,(H2,22,24,25);1H. The van der Waals surface area contributed by atoms with Crippen LogP contribution in [0.4, 0.5) is 0 Å². The number of halogens is 2. The quantitative estimate of drug-likeness (QED) is 0.279. The highest BCUT2D eigenvalue weighted by atomic mass is 127. The maximum absolute atomic E-state index is 6.01. The zero-order valence-electron chi connectivity index (χ0n) is 15.2. The Hall–Kier alpha value is -1.64. The number of aliphatic imine (C=N–C) groups is 1. The number of nitrogens with one attached hydrogen (secondary N) is 2. The lowest BCUT2D eigenvalue weighted by atomic mass is 10.00. The van der Waals surface area contributed by atoms with Crippen molar-refractivity contribution in [3.63, 3.8) is 0 Å². The van der Waals surface area contributed by atoms with Crippen molar-refractivity contribution in [3.05, 3.63) is 75.2 Å². The fourth-order valence-electron chi connectivity index (χ4n) is 2.63. The molecule has 2 aromatic carbocycles. The molecule has 0 fully saturated rings. The number of thiazole rings is 1. The molecular formula is C20H22ClIN4S. The van der Waals surface area contributed by atoms with Gasteiger partial charge in [-0.2, -0.15) is 0 Å². The summed E-state index contributed by atoms with van der Waals surface area (Å²) in [5.41, 5.74) is 3.53. The summed E-state index contributed by atoms with van der Waals surface area (Å²) in [6.45, 7) is 3.40. The molecule has 0 radical (unpaired) electrons. The molecule has 7 heteroatoms. The molecule has 0 spiro atoms. The van der Waals surface area contributed by atoms with Crippen LogP contribution in [0.5, 0.6) is 0 Å². The van der Waals surface area contributed by atoms with Crippen LogP contribution in [0, 0.1) is 6.92 Å². The summed E-state index contributed by atoms with van der Waals surface area (Å²) < 4.78 is 0. The SMILES string of the molecule is CN=C(NCc1ncc(C)s1)NCc1ccccc1-c1ccc(Cl)cc1.I. The van der Waals surface area contributed by atoms with Crippen molar-refractivity contribution >= 4 is 52.9 Å². The van der Waals surface area contributed by atoms with Crippen LogP contribution in [0.15, 0.2) is 59.7 Å². The molecule has 142 valence electrons. The predicted octanol–water partition coefficient (Wildman–Crippen LogP) is 5.26. The summed E-state index contributed by atoms with van der Waals surface area (Å²) in [5, 5.41) is 8.47. The van der Waals surface area contributed by atoms with Crippen LogP contribution < -0.4 is 10.6 Å². The van der Waals surface area contributed by atoms with E-state index >= 15 is 0 Å². The Kier molecular flexibility index (Phi) is 8.53. The van der Waals surface area contributed by atoms with Gasteiger partial charge < -0.3 is 10.6 Å². The Morgan fingerprint density at radius 1 is 1.07 bits per heavy atom. The normalized spacial score (nSPS) is 11.0. The molecule has 0 bridgehead atoms. The number of hydrogen-bond donors (Lipinski definition) is 2. The topological polar surface area (TPSA) is 49.3 Å². The minimum absolute atomic E-state index is 0. The van der Waals surface area contributed by atoms with Gasteiger partial charge in [-0.1, -0.05) is 48.0 Å². The number of rotatable bonds is 5. The van der Waals surface area contributed by atoms with Crippen molar-refractivity contribution in [2.45, 2.75) is 20.0 Å². The van der Waals surface area contributed by atoms with Gasteiger partial charge in [0.05, 0.1) is 6.54 Å². The first-order chi connectivity index (χ1) is 12.7. The van der Waals surface area contributed by atoms with Gasteiger partial charge in [-0.15, -0.1) is 35.3 Å². The molecule has 1 aromatic heterocycles. The molecule has 0 aliphatic carbocycles. The van der Waals surface area contributed by atoms with E-state index in [4.69, 9.17) is 11.6 Å². The zero-order chi connectivity index (χ0) is 18.4. The third kappa shape index (κ3) is 6.19. The van der Waals surface area contributed by atoms with Crippen molar-refractivity contribution in [3.8, 4) is 11.1 Å². The molecule has 4 nitrogen and oxygen atoms in total. The van der Waals surface area contributed by atoms with E-state index < -0.39 is 0 Å². The average molecular weight is 513 g/mol. The number of aryl methyl sites for hydroxylation is 1. The van der Waals surface area contributed by atoms with Gasteiger partial charge in [0.25, 0.3) is 0 Å². The molecule has 0 aliphatic rings. The van der Waals surface area contributed by atoms with E-state index in [2.05, 4.69) is 39.7 Å². The van der Waals surface area contributed by atoms with Crippen molar-refractivity contribution in [1.82, 2.24) is 15.6 Å². The maximum Gasteiger partial charge on any atom is 0.191 e. The minimum atomic E-state index is 0. The Bertz CT molecular complexity index is 893. The highest BCUT2D eigenvalue weighted by Crippen LogP contribution is 2.25. The second-order valence-electron chi connectivity index (χ2n) is 5.81. The smallest absolute Gasteiger partial charge is 0.191 e. The lowest BCUT2D eigenvalue weighted by Gasteiger charge is -2.14.